The normalized spacial score (nSPS) is 17.8. The highest BCUT2D eigenvalue weighted by molar-refractivity contribution is 6.88. The van der Waals surface area contributed by atoms with Gasteiger partial charge in [-0.2, -0.15) is 0 Å². The Morgan fingerprint density at radius 2 is 1.77 bits per heavy atom. The maximum absolute atomic E-state index is 6.28. The minimum atomic E-state index is -1.55. The van der Waals surface area contributed by atoms with Crippen LogP contribution in [0.1, 0.15) is 6.42 Å². The molecule has 0 bridgehead atoms. The number of hydrogen-bond acceptors (Lipinski definition) is 1. The van der Waals surface area contributed by atoms with E-state index in [1.54, 1.807) is 0 Å². The van der Waals surface area contributed by atoms with E-state index in [1.807, 2.05) is 0 Å². The van der Waals surface area contributed by atoms with Crippen LogP contribution in [0.25, 0.3) is 0 Å². The average Bonchev–Trinajstić information content (AvgIpc) is 2.29. The maximum Gasteiger partial charge on any atom is 0.202 e. The highest BCUT2D eigenvalue weighted by Crippen LogP contribution is 2.26. The van der Waals surface area contributed by atoms with E-state index >= 15 is 0 Å². The second-order valence-electron chi connectivity index (χ2n) is 5.05. The summed E-state index contributed by atoms with van der Waals surface area (Å²) in [6, 6.07) is 0. The topological polar surface area (TPSA) is 9.23 Å². The van der Waals surface area contributed by atoms with Crippen molar-refractivity contribution in [1.29, 1.82) is 0 Å². The first kappa shape index (κ1) is 11.0. The summed E-state index contributed by atoms with van der Waals surface area (Å²) in [6.07, 6.45) is 7.73. The van der Waals surface area contributed by atoms with E-state index < -0.39 is 16.6 Å². The molecule has 0 aliphatic heterocycles. The van der Waals surface area contributed by atoms with Gasteiger partial charge in [-0.15, -0.1) is 0 Å². The van der Waals surface area contributed by atoms with Gasteiger partial charge >= 0.3 is 0 Å². The minimum Gasteiger partial charge on any atom is -0.453 e. The third kappa shape index (κ3) is 3.25. The standard InChI is InChI=1S/C10H20OSi2/c1-12(2,3)11-13(4,5)10-8-6-7-9-10/h6-8H,9H2,1-5H3. The van der Waals surface area contributed by atoms with Gasteiger partial charge in [-0.1, -0.05) is 23.4 Å². The molecule has 0 N–H and O–H groups in total. The van der Waals surface area contributed by atoms with Gasteiger partial charge in [0.25, 0.3) is 0 Å². The molecular formula is C10H20OSi2. The van der Waals surface area contributed by atoms with Crippen molar-refractivity contribution >= 4 is 16.6 Å². The van der Waals surface area contributed by atoms with Gasteiger partial charge in [-0.25, -0.2) is 0 Å². The molecule has 0 atom stereocenters. The van der Waals surface area contributed by atoms with E-state index in [0.717, 1.165) is 6.42 Å². The van der Waals surface area contributed by atoms with Gasteiger partial charge in [0.05, 0.1) is 0 Å². The minimum absolute atomic E-state index is 1.11. The fourth-order valence-corrected chi connectivity index (χ4v) is 9.48. The van der Waals surface area contributed by atoms with Crippen LogP contribution in [0.5, 0.6) is 0 Å². The lowest BCUT2D eigenvalue weighted by Gasteiger charge is -2.32. The summed E-state index contributed by atoms with van der Waals surface area (Å²) in [4.78, 5) is 0. The van der Waals surface area contributed by atoms with Gasteiger partial charge in [0.15, 0.2) is 8.32 Å². The van der Waals surface area contributed by atoms with Crippen molar-refractivity contribution in [1.82, 2.24) is 0 Å². The largest absolute Gasteiger partial charge is 0.453 e. The van der Waals surface area contributed by atoms with E-state index in [-0.39, 0.29) is 0 Å². The molecule has 74 valence electrons. The Morgan fingerprint density at radius 1 is 1.15 bits per heavy atom. The Kier molecular flexibility index (Phi) is 2.99. The fraction of sp³-hybridized carbons (Fsp3) is 0.600. The van der Waals surface area contributed by atoms with Crippen LogP contribution in [0.15, 0.2) is 23.4 Å². The summed E-state index contributed by atoms with van der Waals surface area (Å²) in [7, 11) is -2.91. The van der Waals surface area contributed by atoms with E-state index in [2.05, 4.69) is 51.0 Å². The molecule has 3 heteroatoms. The Bertz CT molecular complexity index is 246. The lowest BCUT2D eigenvalue weighted by atomic mass is 10.5. The van der Waals surface area contributed by atoms with Crippen LogP contribution in [0, 0.1) is 0 Å². The van der Waals surface area contributed by atoms with Crippen LogP contribution in [0.4, 0.5) is 0 Å². The lowest BCUT2D eigenvalue weighted by Crippen LogP contribution is -2.43. The van der Waals surface area contributed by atoms with Crippen molar-refractivity contribution in [3.05, 3.63) is 23.4 Å². The van der Waals surface area contributed by atoms with Crippen molar-refractivity contribution in [2.75, 3.05) is 0 Å². The highest BCUT2D eigenvalue weighted by atomic mass is 28.4. The zero-order valence-corrected chi connectivity index (χ0v) is 11.3. The lowest BCUT2D eigenvalue weighted by molar-refractivity contribution is 0.559. The molecule has 0 amide bonds. The van der Waals surface area contributed by atoms with Crippen LogP contribution in [-0.4, -0.2) is 16.6 Å². The van der Waals surface area contributed by atoms with Crippen LogP contribution >= 0.6 is 0 Å². The molecule has 0 saturated carbocycles. The summed E-state index contributed by atoms with van der Waals surface area (Å²) < 4.78 is 6.28. The molecule has 1 aliphatic rings. The zero-order chi connectivity index (χ0) is 10.1. The smallest absolute Gasteiger partial charge is 0.202 e. The summed E-state index contributed by atoms with van der Waals surface area (Å²) in [5.41, 5.74) is 0. The molecule has 0 aromatic carbocycles. The zero-order valence-electron chi connectivity index (χ0n) is 9.35. The first-order valence-electron chi connectivity index (χ1n) is 4.88. The summed E-state index contributed by atoms with van der Waals surface area (Å²) in [6.45, 7) is 11.4. The average molecular weight is 212 g/mol. The Labute approximate surface area is 83.8 Å². The number of allylic oxidation sites excluding steroid dienone is 4. The van der Waals surface area contributed by atoms with E-state index in [9.17, 15) is 0 Å². The summed E-state index contributed by atoms with van der Waals surface area (Å²) in [5, 5.41) is 1.54. The second kappa shape index (κ2) is 3.55. The molecule has 0 fully saturated rings. The van der Waals surface area contributed by atoms with Crippen molar-refractivity contribution in [2.45, 2.75) is 39.2 Å². The molecule has 0 radical (unpaired) electrons. The first-order valence-corrected chi connectivity index (χ1v) is 11.2. The van der Waals surface area contributed by atoms with Gasteiger partial charge in [0.1, 0.15) is 0 Å². The predicted octanol–water partition coefficient (Wildman–Crippen LogP) is 3.47. The first-order chi connectivity index (χ1) is 5.81. The van der Waals surface area contributed by atoms with Gasteiger partial charge in [-0.3, -0.25) is 0 Å². The van der Waals surface area contributed by atoms with Crippen LogP contribution < -0.4 is 0 Å². The van der Waals surface area contributed by atoms with Gasteiger partial charge in [0.2, 0.25) is 8.32 Å². The van der Waals surface area contributed by atoms with Crippen LogP contribution in [0.3, 0.4) is 0 Å². The van der Waals surface area contributed by atoms with E-state index in [4.69, 9.17) is 4.12 Å². The predicted molar refractivity (Wildman–Crippen MR) is 63.8 cm³/mol. The molecule has 0 heterocycles. The highest BCUT2D eigenvalue weighted by Gasteiger charge is 2.33. The second-order valence-corrected chi connectivity index (χ2v) is 13.8. The molecule has 13 heavy (non-hydrogen) atoms. The number of rotatable bonds is 3. The van der Waals surface area contributed by atoms with Crippen molar-refractivity contribution in [2.24, 2.45) is 0 Å². The Hall–Kier alpha value is -0.126. The number of hydrogen-bond donors (Lipinski definition) is 0. The third-order valence-corrected chi connectivity index (χ3v) is 8.51. The molecule has 1 aliphatic carbocycles. The van der Waals surface area contributed by atoms with Crippen molar-refractivity contribution < 1.29 is 4.12 Å². The third-order valence-electron chi connectivity index (χ3n) is 2.11. The molecule has 0 spiro atoms. The quantitative estimate of drug-likeness (QED) is 0.651. The van der Waals surface area contributed by atoms with E-state index in [1.165, 1.54) is 5.20 Å². The Balaban J connectivity index is 2.66. The maximum atomic E-state index is 6.28. The fourth-order valence-electron chi connectivity index (χ4n) is 1.72. The van der Waals surface area contributed by atoms with Gasteiger partial charge in [-0.05, 0) is 39.2 Å². The molecule has 0 aromatic rings. The van der Waals surface area contributed by atoms with Crippen molar-refractivity contribution in [3.8, 4) is 0 Å². The molecule has 0 saturated heterocycles. The molecule has 1 nitrogen and oxygen atoms in total. The Morgan fingerprint density at radius 3 is 2.15 bits per heavy atom. The summed E-state index contributed by atoms with van der Waals surface area (Å²) >= 11 is 0. The monoisotopic (exact) mass is 212 g/mol. The SMILES string of the molecule is C[Si](C)(C)O[Si](C)(C)C1=CC=CC1. The van der Waals surface area contributed by atoms with Gasteiger partial charge < -0.3 is 4.12 Å². The molecule has 1 rings (SSSR count). The molecule has 0 unspecified atom stereocenters. The molecular weight excluding hydrogens is 192 g/mol. The van der Waals surface area contributed by atoms with Crippen LogP contribution in [-0.2, 0) is 4.12 Å². The van der Waals surface area contributed by atoms with E-state index in [0.29, 0.717) is 0 Å². The van der Waals surface area contributed by atoms with Gasteiger partial charge in [0, 0.05) is 0 Å². The summed E-state index contributed by atoms with van der Waals surface area (Å²) in [5.74, 6) is 0. The van der Waals surface area contributed by atoms with Crippen LogP contribution in [0.2, 0.25) is 32.7 Å². The van der Waals surface area contributed by atoms with Crippen molar-refractivity contribution in [3.63, 3.8) is 0 Å². The molecule has 0 aromatic heterocycles.